The van der Waals surface area contributed by atoms with Gasteiger partial charge in [0.1, 0.15) is 5.82 Å². The Morgan fingerprint density at radius 2 is 1.93 bits per heavy atom. The van der Waals surface area contributed by atoms with E-state index >= 15 is 0 Å². The molecule has 0 radical (unpaired) electrons. The fourth-order valence-electron chi connectivity index (χ4n) is 3.32. The molecule has 4 rings (SSSR count). The van der Waals surface area contributed by atoms with E-state index in [2.05, 4.69) is 25.5 Å². The molecule has 3 N–H and O–H groups in total. The Morgan fingerprint density at radius 3 is 2.68 bits per heavy atom. The molecule has 0 bridgehead atoms. The van der Waals surface area contributed by atoms with Crippen molar-refractivity contribution in [1.82, 2.24) is 20.2 Å². The fourth-order valence-corrected chi connectivity index (χ4v) is 3.32. The van der Waals surface area contributed by atoms with Gasteiger partial charge in [-0.25, -0.2) is 9.78 Å². The SMILES string of the molecule is CC(NC(=O)Nc1ccc(CN2CCOCC2)cc1)c1nc2ccccc2[nH]1. The summed E-state index contributed by atoms with van der Waals surface area (Å²) in [5, 5.41) is 5.80. The molecule has 2 amide bonds. The molecule has 1 saturated heterocycles. The summed E-state index contributed by atoms with van der Waals surface area (Å²) in [6.07, 6.45) is 0. The van der Waals surface area contributed by atoms with E-state index in [4.69, 9.17) is 4.74 Å². The number of rotatable bonds is 5. The Bertz CT molecular complexity index is 898. The van der Waals surface area contributed by atoms with E-state index in [1.54, 1.807) is 0 Å². The maximum Gasteiger partial charge on any atom is 0.319 e. The molecule has 1 aliphatic rings. The molecule has 1 aromatic heterocycles. The van der Waals surface area contributed by atoms with E-state index in [0.29, 0.717) is 0 Å². The van der Waals surface area contributed by atoms with Crippen LogP contribution in [-0.4, -0.2) is 47.2 Å². The van der Waals surface area contributed by atoms with Gasteiger partial charge in [0.15, 0.2) is 0 Å². The number of amides is 2. The molecule has 1 unspecified atom stereocenters. The summed E-state index contributed by atoms with van der Waals surface area (Å²) in [5.74, 6) is 0.734. The third-order valence-electron chi connectivity index (χ3n) is 4.89. The van der Waals surface area contributed by atoms with Gasteiger partial charge in [-0.15, -0.1) is 0 Å². The van der Waals surface area contributed by atoms with Crippen LogP contribution in [0.25, 0.3) is 11.0 Å². The van der Waals surface area contributed by atoms with Gasteiger partial charge in [0.25, 0.3) is 0 Å². The van der Waals surface area contributed by atoms with E-state index in [0.717, 1.165) is 55.4 Å². The maximum atomic E-state index is 12.3. The Labute approximate surface area is 164 Å². The Hall–Kier alpha value is -2.90. The molecular formula is C21H25N5O2. The molecule has 2 heterocycles. The number of urea groups is 1. The smallest absolute Gasteiger partial charge is 0.319 e. The molecule has 0 aliphatic carbocycles. The number of nitrogens with zero attached hydrogens (tertiary/aromatic N) is 2. The van der Waals surface area contributed by atoms with E-state index in [-0.39, 0.29) is 12.1 Å². The van der Waals surface area contributed by atoms with Crippen molar-refractivity contribution in [2.75, 3.05) is 31.6 Å². The second-order valence-corrected chi connectivity index (χ2v) is 7.04. The van der Waals surface area contributed by atoms with Crippen LogP contribution >= 0.6 is 0 Å². The summed E-state index contributed by atoms with van der Waals surface area (Å²) < 4.78 is 5.38. The van der Waals surface area contributed by atoms with Crippen molar-refractivity contribution in [2.24, 2.45) is 0 Å². The van der Waals surface area contributed by atoms with Crippen LogP contribution in [0.4, 0.5) is 10.5 Å². The van der Waals surface area contributed by atoms with Gasteiger partial charge < -0.3 is 20.4 Å². The molecule has 1 fully saturated rings. The van der Waals surface area contributed by atoms with Crippen LogP contribution in [0.15, 0.2) is 48.5 Å². The van der Waals surface area contributed by atoms with E-state index < -0.39 is 0 Å². The number of aromatic amines is 1. The number of aromatic nitrogens is 2. The number of morpholine rings is 1. The number of H-pyrrole nitrogens is 1. The quantitative estimate of drug-likeness (QED) is 0.635. The minimum absolute atomic E-state index is 0.229. The van der Waals surface area contributed by atoms with Crippen LogP contribution in [0.3, 0.4) is 0 Å². The summed E-state index contributed by atoms with van der Waals surface area (Å²) in [5.41, 5.74) is 3.84. The van der Waals surface area contributed by atoms with Crippen molar-refractivity contribution in [1.29, 1.82) is 0 Å². The monoisotopic (exact) mass is 379 g/mol. The van der Waals surface area contributed by atoms with Crippen molar-refractivity contribution < 1.29 is 9.53 Å². The number of nitrogens with one attached hydrogen (secondary N) is 3. The number of hydrogen-bond donors (Lipinski definition) is 3. The summed E-state index contributed by atoms with van der Waals surface area (Å²) in [4.78, 5) is 22.5. The lowest BCUT2D eigenvalue weighted by Crippen LogP contribution is -2.35. The Morgan fingerprint density at radius 1 is 1.18 bits per heavy atom. The molecule has 1 aliphatic heterocycles. The predicted molar refractivity (Wildman–Crippen MR) is 109 cm³/mol. The molecule has 28 heavy (non-hydrogen) atoms. The van der Waals surface area contributed by atoms with Crippen LogP contribution in [0, 0.1) is 0 Å². The molecule has 0 saturated carbocycles. The van der Waals surface area contributed by atoms with Crippen LogP contribution in [0.1, 0.15) is 24.4 Å². The number of benzene rings is 2. The number of para-hydroxylation sites is 2. The maximum absolute atomic E-state index is 12.3. The lowest BCUT2D eigenvalue weighted by Gasteiger charge is -2.26. The van der Waals surface area contributed by atoms with Gasteiger partial charge in [-0.2, -0.15) is 0 Å². The largest absolute Gasteiger partial charge is 0.379 e. The Balaban J connectivity index is 1.31. The van der Waals surface area contributed by atoms with E-state index in [1.807, 2.05) is 55.5 Å². The van der Waals surface area contributed by atoms with Crippen LogP contribution < -0.4 is 10.6 Å². The predicted octanol–water partition coefficient (Wildman–Crippen LogP) is 3.28. The normalized spacial score (nSPS) is 16.0. The first-order chi connectivity index (χ1) is 13.7. The minimum Gasteiger partial charge on any atom is -0.379 e. The highest BCUT2D eigenvalue weighted by molar-refractivity contribution is 5.89. The van der Waals surface area contributed by atoms with Crippen LogP contribution in [-0.2, 0) is 11.3 Å². The molecule has 146 valence electrons. The second-order valence-electron chi connectivity index (χ2n) is 7.04. The van der Waals surface area contributed by atoms with E-state index in [9.17, 15) is 4.79 Å². The van der Waals surface area contributed by atoms with Gasteiger partial charge in [0, 0.05) is 25.3 Å². The zero-order chi connectivity index (χ0) is 19.3. The van der Waals surface area contributed by atoms with Gasteiger partial charge in [-0.3, -0.25) is 4.90 Å². The molecular weight excluding hydrogens is 354 g/mol. The average molecular weight is 379 g/mol. The zero-order valence-corrected chi connectivity index (χ0v) is 15.9. The highest BCUT2D eigenvalue weighted by Crippen LogP contribution is 2.16. The minimum atomic E-state index is -0.256. The first-order valence-electron chi connectivity index (χ1n) is 9.58. The van der Waals surface area contributed by atoms with Gasteiger partial charge in [0.05, 0.1) is 30.3 Å². The summed E-state index contributed by atoms with van der Waals surface area (Å²) in [6.45, 7) is 6.32. The van der Waals surface area contributed by atoms with Crippen LogP contribution in [0.5, 0.6) is 0 Å². The van der Waals surface area contributed by atoms with E-state index in [1.165, 1.54) is 5.56 Å². The first-order valence-corrected chi connectivity index (χ1v) is 9.58. The summed E-state index contributed by atoms with van der Waals surface area (Å²) in [6, 6.07) is 15.3. The number of ether oxygens (including phenoxy) is 1. The third kappa shape index (κ3) is 4.49. The fraction of sp³-hybridized carbons (Fsp3) is 0.333. The summed E-state index contributed by atoms with van der Waals surface area (Å²) in [7, 11) is 0. The van der Waals surface area contributed by atoms with Gasteiger partial charge >= 0.3 is 6.03 Å². The molecule has 1 atom stereocenters. The first kappa shape index (κ1) is 18.5. The topological polar surface area (TPSA) is 82.3 Å². The summed E-state index contributed by atoms with van der Waals surface area (Å²) >= 11 is 0. The Kier molecular flexibility index (Phi) is 5.55. The highest BCUT2D eigenvalue weighted by atomic mass is 16.5. The lowest BCUT2D eigenvalue weighted by molar-refractivity contribution is 0.0342. The standard InChI is InChI=1S/C21H25N5O2/c1-15(20-24-18-4-2-3-5-19(18)25-20)22-21(27)23-17-8-6-16(7-9-17)14-26-10-12-28-13-11-26/h2-9,15H,10-14H2,1H3,(H,24,25)(H2,22,23,27). The third-order valence-corrected chi connectivity index (χ3v) is 4.89. The van der Waals surface area contributed by atoms with Gasteiger partial charge in [-0.05, 0) is 36.8 Å². The van der Waals surface area contributed by atoms with Crippen molar-refractivity contribution >= 4 is 22.8 Å². The molecule has 7 nitrogen and oxygen atoms in total. The molecule has 0 spiro atoms. The number of anilines is 1. The number of hydrogen-bond acceptors (Lipinski definition) is 4. The van der Waals surface area contributed by atoms with Crippen molar-refractivity contribution in [3.05, 3.63) is 59.9 Å². The average Bonchev–Trinajstić information content (AvgIpc) is 3.15. The molecule has 7 heteroatoms. The zero-order valence-electron chi connectivity index (χ0n) is 15.9. The van der Waals surface area contributed by atoms with Gasteiger partial charge in [0.2, 0.25) is 0 Å². The number of imidazole rings is 1. The molecule has 3 aromatic rings. The second kappa shape index (κ2) is 8.41. The lowest BCUT2D eigenvalue weighted by atomic mass is 10.2. The number of carbonyl (C=O) groups excluding carboxylic acids is 1. The highest BCUT2D eigenvalue weighted by Gasteiger charge is 2.14. The van der Waals surface area contributed by atoms with Crippen molar-refractivity contribution in [2.45, 2.75) is 19.5 Å². The van der Waals surface area contributed by atoms with Crippen molar-refractivity contribution in [3.8, 4) is 0 Å². The number of carbonyl (C=O) groups is 1. The number of fused-ring (bicyclic) bond motifs is 1. The van der Waals surface area contributed by atoms with Crippen LogP contribution in [0.2, 0.25) is 0 Å². The van der Waals surface area contributed by atoms with Gasteiger partial charge in [-0.1, -0.05) is 24.3 Å². The van der Waals surface area contributed by atoms with Crippen molar-refractivity contribution in [3.63, 3.8) is 0 Å². The molecule has 2 aromatic carbocycles.